The largest absolute Gasteiger partial charge is 0.472 e. The third-order valence-corrected chi connectivity index (χ3v) is 11.3. The molecular weight excluding hydrogens is 789 g/mol. The van der Waals surface area contributed by atoms with E-state index in [1.165, 1.54) is 155 Å². The van der Waals surface area contributed by atoms with Gasteiger partial charge >= 0.3 is 25.9 Å². The van der Waals surface area contributed by atoms with E-state index in [1.54, 1.807) is 0 Å². The van der Waals surface area contributed by atoms with Gasteiger partial charge in [-0.1, -0.05) is 194 Å². The van der Waals surface area contributed by atoms with E-state index in [-0.39, 0.29) is 58.1 Å². The Bertz CT molecular complexity index is 996. The number of methoxy groups -OCH3 is 1. The Hall–Kier alpha value is -1.80. The molecule has 60 heavy (non-hydrogen) atoms. The highest BCUT2D eigenvalue weighted by Crippen LogP contribution is 2.43. The van der Waals surface area contributed by atoms with Gasteiger partial charge in [0.25, 0.3) is 0 Å². The lowest BCUT2D eigenvalue weighted by Crippen LogP contribution is -2.30. The third kappa shape index (κ3) is 47.3. The fraction of sp³-hybridized carbons (Fsp3) is 0.933. The van der Waals surface area contributed by atoms with Crippen LogP contribution in [0.1, 0.15) is 219 Å². The second kappa shape index (κ2) is 48.2. The Balaban J connectivity index is -0.0000162. The van der Waals surface area contributed by atoms with E-state index in [1.807, 2.05) is 0 Å². The number of alkyl carbamates (subject to hydrolysis) is 1. The van der Waals surface area contributed by atoms with E-state index in [0.717, 1.165) is 32.1 Å². The molecule has 0 rings (SSSR count). The molecule has 1 unspecified atom stereocenters. The number of hydrogen-bond donors (Lipinski definition) is 3. The zero-order valence-corrected chi connectivity index (χ0v) is 39.5. The number of nitrogens with one attached hydrogen (secondary N) is 2. The van der Waals surface area contributed by atoms with Crippen LogP contribution in [0.25, 0.3) is 0 Å². The van der Waals surface area contributed by atoms with Gasteiger partial charge in [-0.05, 0) is 12.8 Å². The molecular formula is C45H92N3O11P. The standard InChI is InChI=1S/C45H88NO11P.H3N.HN/c1-4-6-8-10-12-14-16-18-20-22-24-26-28-30-32-34-43(47)54-40-42(41-56-58(50,51)55-37-36-46-45(49)53-39-38-52-3)57-44(48)35-33-31-29-27-25-23-21-19-17-15-13-11-9-7-5-2;;/h42H,4-41H2,1-3H3,(H,46,49)(H,50,51);1H3;1H/t42-;;/m1../s1. The molecule has 0 aromatic carbocycles. The Morgan fingerprint density at radius 3 is 1.30 bits per heavy atom. The average molecular weight is 882 g/mol. The van der Waals surface area contributed by atoms with Crippen LogP contribution in [0, 0.1) is 0 Å². The van der Waals surface area contributed by atoms with Crippen LogP contribution in [0.5, 0.6) is 0 Å². The molecule has 0 spiro atoms. The molecule has 358 valence electrons. The highest BCUT2D eigenvalue weighted by atomic mass is 31.2. The summed E-state index contributed by atoms with van der Waals surface area (Å²) in [7, 11) is -3.09. The molecule has 0 aromatic rings. The summed E-state index contributed by atoms with van der Waals surface area (Å²) in [5, 5.41) is 2.38. The summed E-state index contributed by atoms with van der Waals surface area (Å²) >= 11 is 0. The first-order valence-electron chi connectivity index (χ1n) is 23.6. The molecule has 0 aliphatic heterocycles. The van der Waals surface area contributed by atoms with Crippen LogP contribution in [-0.2, 0) is 42.1 Å². The Morgan fingerprint density at radius 1 is 0.517 bits per heavy atom. The smallest absolute Gasteiger partial charge is 0.462 e. The molecule has 6 N–H and O–H groups in total. The van der Waals surface area contributed by atoms with Gasteiger partial charge in [0.1, 0.15) is 13.2 Å². The summed E-state index contributed by atoms with van der Waals surface area (Å²) in [6.07, 6.45) is 35.5. The van der Waals surface area contributed by atoms with Crippen LogP contribution < -0.4 is 17.6 Å². The van der Waals surface area contributed by atoms with E-state index in [2.05, 4.69) is 19.2 Å². The zero-order chi connectivity index (χ0) is 42.6. The SMILES string of the molecule is CCCCCCCCCCCCCCCCCC(=O)OC[C@H](COP(=O)(O)OCCNC(=O)OCCOC)OC(=O)CCCCCCCCCCCCCCCCC.N.[NH]. The highest BCUT2D eigenvalue weighted by Gasteiger charge is 2.26. The number of unbranched alkanes of at least 4 members (excludes halogenated alkanes) is 28. The van der Waals surface area contributed by atoms with Crippen molar-refractivity contribution in [2.24, 2.45) is 0 Å². The van der Waals surface area contributed by atoms with Gasteiger partial charge in [0.15, 0.2) is 6.10 Å². The van der Waals surface area contributed by atoms with Crippen molar-refractivity contribution >= 4 is 25.9 Å². The van der Waals surface area contributed by atoms with Gasteiger partial charge in [-0.3, -0.25) is 18.6 Å². The molecule has 0 saturated heterocycles. The first-order chi connectivity index (χ1) is 28.2. The van der Waals surface area contributed by atoms with Crippen molar-refractivity contribution in [1.29, 1.82) is 0 Å². The highest BCUT2D eigenvalue weighted by molar-refractivity contribution is 7.47. The predicted octanol–water partition coefficient (Wildman–Crippen LogP) is 12.4. The Morgan fingerprint density at radius 2 is 0.900 bits per heavy atom. The Kier molecular flexibility index (Phi) is 50.2. The summed E-state index contributed by atoms with van der Waals surface area (Å²) in [6.45, 7) is 3.58. The number of amides is 1. The molecule has 2 atom stereocenters. The number of ether oxygens (including phenoxy) is 4. The van der Waals surface area contributed by atoms with Crippen LogP contribution in [0.2, 0.25) is 0 Å². The van der Waals surface area contributed by atoms with Gasteiger partial charge < -0.3 is 35.3 Å². The maximum Gasteiger partial charge on any atom is 0.472 e. The summed E-state index contributed by atoms with van der Waals surface area (Å²) in [5.41, 5.74) is 0. The molecule has 0 heterocycles. The van der Waals surface area contributed by atoms with Crippen LogP contribution in [0.3, 0.4) is 0 Å². The van der Waals surface area contributed by atoms with Gasteiger partial charge in [0, 0.05) is 26.5 Å². The van der Waals surface area contributed by atoms with Crippen molar-refractivity contribution < 1.29 is 51.8 Å². The fourth-order valence-electron chi connectivity index (χ4n) is 6.70. The molecule has 14 nitrogen and oxygen atoms in total. The lowest BCUT2D eigenvalue weighted by Gasteiger charge is -2.20. The number of esters is 2. The van der Waals surface area contributed by atoms with E-state index in [9.17, 15) is 23.8 Å². The van der Waals surface area contributed by atoms with Crippen molar-refractivity contribution in [3.63, 3.8) is 0 Å². The van der Waals surface area contributed by atoms with Crippen LogP contribution in [-0.4, -0.2) is 75.7 Å². The number of phosphoric ester groups is 1. The summed E-state index contributed by atoms with van der Waals surface area (Å²) in [6, 6.07) is 0. The number of carbonyl (C=O) groups is 3. The Labute approximate surface area is 366 Å². The quantitative estimate of drug-likeness (QED) is 0.0225. The topological polar surface area (TPSA) is 223 Å². The van der Waals surface area contributed by atoms with Gasteiger partial charge in [0.05, 0.1) is 19.8 Å². The zero-order valence-electron chi connectivity index (χ0n) is 38.6. The first kappa shape index (κ1) is 62.5. The molecule has 0 fully saturated rings. The number of hydrogen-bond acceptors (Lipinski definition) is 11. The van der Waals surface area contributed by atoms with E-state index in [4.69, 9.17) is 28.0 Å². The van der Waals surface area contributed by atoms with E-state index >= 15 is 0 Å². The summed E-state index contributed by atoms with van der Waals surface area (Å²) in [5.74, 6) is -0.892. The first-order valence-corrected chi connectivity index (χ1v) is 25.1. The van der Waals surface area contributed by atoms with Crippen molar-refractivity contribution in [2.75, 3.05) is 46.7 Å². The minimum Gasteiger partial charge on any atom is -0.462 e. The van der Waals surface area contributed by atoms with Crippen molar-refractivity contribution in [1.82, 2.24) is 17.6 Å². The average Bonchev–Trinajstić information content (AvgIpc) is 3.20. The normalized spacial score (nSPS) is 12.5. The van der Waals surface area contributed by atoms with Gasteiger partial charge in [0.2, 0.25) is 0 Å². The number of phosphoric acid groups is 1. The van der Waals surface area contributed by atoms with E-state index in [0.29, 0.717) is 12.8 Å². The molecule has 1 amide bonds. The van der Waals surface area contributed by atoms with E-state index < -0.39 is 38.6 Å². The molecule has 0 aliphatic rings. The van der Waals surface area contributed by atoms with Crippen molar-refractivity contribution in [3.05, 3.63) is 0 Å². The molecule has 0 aromatic heterocycles. The lowest BCUT2D eigenvalue weighted by molar-refractivity contribution is -0.161. The fourth-order valence-corrected chi connectivity index (χ4v) is 7.45. The molecule has 0 aliphatic carbocycles. The second-order valence-electron chi connectivity index (χ2n) is 15.8. The monoisotopic (exact) mass is 882 g/mol. The van der Waals surface area contributed by atoms with Crippen molar-refractivity contribution in [2.45, 2.75) is 225 Å². The molecule has 2 radical (unpaired) electrons. The maximum absolute atomic E-state index is 12.7. The minimum atomic E-state index is -4.57. The summed E-state index contributed by atoms with van der Waals surface area (Å²) in [4.78, 5) is 47.0. The minimum absolute atomic E-state index is 0. The third-order valence-electron chi connectivity index (χ3n) is 10.3. The van der Waals surface area contributed by atoms with Crippen LogP contribution in [0.15, 0.2) is 0 Å². The maximum atomic E-state index is 12.7. The number of rotatable bonds is 45. The van der Waals surface area contributed by atoms with Gasteiger partial charge in [-0.2, -0.15) is 6.15 Å². The predicted molar refractivity (Wildman–Crippen MR) is 241 cm³/mol. The van der Waals surface area contributed by atoms with Crippen LogP contribution in [0.4, 0.5) is 4.79 Å². The molecule has 15 heteroatoms. The van der Waals surface area contributed by atoms with Crippen molar-refractivity contribution in [3.8, 4) is 0 Å². The molecule has 0 saturated carbocycles. The number of carbonyl (C=O) groups excluding carboxylic acids is 3. The second-order valence-corrected chi connectivity index (χ2v) is 17.3. The summed E-state index contributed by atoms with van der Waals surface area (Å²) < 4.78 is 43.1. The van der Waals surface area contributed by atoms with Gasteiger partial charge in [-0.25, -0.2) is 9.36 Å². The molecule has 0 bridgehead atoms. The lowest BCUT2D eigenvalue weighted by atomic mass is 10.0. The van der Waals surface area contributed by atoms with Gasteiger partial charge in [-0.15, -0.1) is 0 Å². The van der Waals surface area contributed by atoms with Crippen LogP contribution >= 0.6 is 7.82 Å².